The average molecular weight is 449 g/mol. The van der Waals surface area contributed by atoms with E-state index in [4.69, 9.17) is 4.74 Å². The van der Waals surface area contributed by atoms with Gasteiger partial charge in [0.1, 0.15) is 5.00 Å². The molecule has 1 aromatic carbocycles. The largest absolute Gasteiger partial charge is 0.449 e. The predicted octanol–water partition coefficient (Wildman–Crippen LogP) is 3.82. The maximum atomic E-state index is 13.5. The molecule has 31 heavy (non-hydrogen) atoms. The Hall–Kier alpha value is -3.34. The Morgan fingerprint density at radius 3 is 2.61 bits per heavy atom. The number of ether oxygens (including phenoxy) is 1. The zero-order chi connectivity index (χ0) is 22.7. The van der Waals surface area contributed by atoms with Gasteiger partial charge in [0.25, 0.3) is 5.91 Å². The topological polar surface area (TPSA) is 128 Å². The van der Waals surface area contributed by atoms with E-state index in [0.717, 1.165) is 41.8 Å². The first kappa shape index (κ1) is 22.3. The van der Waals surface area contributed by atoms with Crippen LogP contribution in [0, 0.1) is 15.9 Å². The molecule has 1 atom stereocenters. The number of hydrogen-bond acceptors (Lipinski definition) is 7. The van der Waals surface area contributed by atoms with E-state index in [1.165, 1.54) is 31.3 Å². The summed E-state index contributed by atoms with van der Waals surface area (Å²) in [5.41, 5.74) is 0.291. The molecule has 0 spiro atoms. The number of nitrogens with zero attached hydrogens (tertiary/aromatic N) is 1. The summed E-state index contributed by atoms with van der Waals surface area (Å²) in [5.74, 6) is -2.83. The van der Waals surface area contributed by atoms with Crippen LogP contribution in [-0.2, 0) is 27.2 Å². The third-order valence-electron chi connectivity index (χ3n) is 4.73. The van der Waals surface area contributed by atoms with E-state index in [0.29, 0.717) is 11.4 Å². The monoisotopic (exact) mass is 449 g/mol. The molecule has 0 radical (unpaired) electrons. The molecule has 1 heterocycles. The lowest BCUT2D eigenvalue weighted by atomic mass is 9.95. The summed E-state index contributed by atoms with van der Waals surface area (Å²) < 4.78 is 18.8. The molecule has 164 valence electrons. The molecule has 3 rings (SSSR count). The second kappa shape index (κ2) is 9.21. The lowest BCUT2D eigenvalue weighted by Gasteiger charge is -2.16. The maximum absolute atomic E-state index is 13.5. The van der Waals surface area contributed by atoms with Crippen molar-refractivity contribution in [3.05, 3.63) is 50.1 Å². The number of esters is 1. The quantitative estimate of drug-likeness (QED) is 0.392. The Bertz CT molecular complexity index is 1070. The molecule has 11 heteroatoms. The highest BCUT2D eigenvalue weighted by Gasteiger charge is 2.29. The number of carbonyl (C=O) groups is 3. The van der Waals surface area contributed by atoms with Crippen LogP contribution in [0.1, 0.15) is 47.5 Å². The van der Waals surface area contributed by atoms with Crippen LogP contribution in [0.3, 0.4) is 0 Å². The number of anilines is 2. The third-order valence-corrected chi connectivity index (χ3v) is 5.94. The van der Waals surface area contributed by atoms with Crippen LogP contribution in [0.4, 0.5) is 20.8 Å². The fourth-order valence-corrected chi connectivity index (χ4v) is 4.60. The van der Waals surface area contributed by atoms with Crippen LogP contribution >= 0.6 is 11.3 Å². The number of hydrogen-bond donors (Lipinski definition) is 2. The molecule has 1 unspecified atom stereocenters. The number of carbonyl (C=O) groups excluding carboxylic acids is 3. The number of nitrogens with one attached hydrogen (secondary N) is 2. The van der Waals surface area contributed by atoms with Gasteiger partial charge in [0.15, 0.2) is 6.10 Å². The van der Waals surface area contributed by atoms with Crippen LogP contribution in [0.25, 0.3) is 0 Å². The molecular weight excluding hydrogens is 429 g/mol. The summed E-state index contributed by atoms with van der Waals surface area (Å²) in [5, 5.41) is 16.3. The summed E-state index contributed by atoms with van der Waals surface area (Å²) in [7, 11) is 0. The molecule has 2 N–H and O–H groups in total. The van der Waals surface area contributed by atoms with Crippen molar-refractivity contribution in [1.82, 2.24) is 0 Å². The van der Waals surface area contributed by atoms with Gasteiger partial charge in [-0.25, -0.2) is 4.79 Å². The highest BCUT2D eigenvalue weighted by atomic mass is 32.1. The van der Waals surface area contributed by atoms with Crippen molar-refractivity contribution in [3.8, 4) is 0 Å². The van der Waals surface area contributed by atoms with E-state index in [-0.39, 0.29) is 17.2 Å². The molecule has 0 aliphatic heterocycles. The number of aryl methyl sites for hydroxylation is 1. The summed E-state index contributed by atoms with van der Waals surface area (Å²) in [4.78, 5) is 47.8. The highest BCUT2D eigenvalue weighted by molar-refractivity contribution is 7.17. The molecule has 0 saturated carbocycles. The van der Waals surface area contributed by atoms with Gasteiger partial charge in [-0.15, -0.1) is 11.3 Å². The Kier molecular flexibility index (Phi) is 6.64. The first-order valence-electron chi connectivity index (χ1n) is 9.55. The Morgan fingerprint density at radius 1 is 1.23 bits per heavy atom. The standard InChI is InChI=1S/C20H20FN3O6S/c1-10(18(26)23-12-7-8-14(21)15(9-12)24(28)29)30-20(27)17-13-5-3-4-6-16(13)31-19(17)22-11(2)25/h7-10H,3-6H2,1-2H3,(H,22,25)(H,23,26). The molecule has 2 amide bonds. The summed E-state index contributed by atoms with van der Waals surface area (Å²) in [6, 6.07) is 2.91. The zero-order valence-corrected chi connectivity index (χ0v) is 17.6. The lowest BCUT2D eigenvalue weighted by molar-refractivity contribution is -0.387. The number of amides is 2. The van der Waals surface area contributed by atoms with Crippen molar-refractivity contribution < 1.29 is 28.4 Å². The van der Waals surface area contributed by atoms with Gasteiger partial charge in [-0.3, -0.25) is 19.7 Å². The molecule has 2 aromatic rings. The van der Waals surface area contributed by atoms with E-state index in [1.807, 2.05) is 0 Å². The SMILES string of the molecule is CC(=O)Nc1sc2c(c1C(=O)OC(C)C(=O)Nc1ccc(F)c([N+](=O)[O-])c1)CCCC2. The van der Waals surface area contributed by atoms with Gasteiger partial charge in [-0.05, 0) is 50.3 Å². The van der Waals surface area contributed by atoms with Crippen LogP contribution in [0.5, 0.6) is 0 Å². The lowest BCUT2D eigenvalue weighted by Crippen LogP contribution is -2.30. The molecule has 9 nitrogen and oxygen atoms in total. The van der Waals surface area contributed by atoms with E-state index in [2.05, 4.69) is 10.6 Å². The van der Waals surface area contributed by atoms with Crippen LogP contribution in [-0.4, -0.2) is 28.8 Å². The molecule has 0 saturated heterocycles. The zero-order valence-electron chi connectivity index (χ0n) is 16.8. The predicted molar refractivity (Wildman–Crippen MR) is 112 cm³/mol. The second-order valence-corrected chi connectivity index (χ2v) is 8.16. The van der Waals surface area contributed by atoms with Gasteiger partial charge < -0.3 is 15.4 Å². The minimum atomic E-state index is -1.24. The number of rotatable bonds is 6. The van der Waals surface area contributed by atoms with Crippen LogP contribution in [0.2, 0.25) is 0 Å². The number of benzene rings is 1. The number of nitro benzene ring substituents is 1. The average Bonchev–Trinajstić information content (AvgIpc) is 3.06. The minimum Gasteiger partial charge on any atom is -0.449 e. The molecule has 1 aliphatic rings. The van der Waals surface area contributed by atoms with E-state index < -0.39 is 34.4 Å². The smallest absolute Gasteiger partial charge is 0.342 e. The minimum absolute atomic E-state index is 0.00662. The normalized spacial score (nSPS) is 13.6. The van der Waals surface area contributed by atoms with Crippen LogP contribution < -0.4 is 10.6 Å². The molecule has 1 aromatic heterocycles. The van der Waals surface area contributed by atoms with Gasteiger partial charge in [0.2, 0.25) is 11.7 Å². The number of fused-ring (bicyclic) bond motifs is 1. The Morgan fingerprint density at radius 2 is 1.94 bits per heavy atom. The van der Waals surface area contributed by atoms with Crippen molar-refractivity contribution in [3.63, 3.8) is 0 Å². The summed E-state index contributed by atoms with van der Waals surface area (Å²) >= 11 is 1.33. The Balaban J connectivity index is 1.75. The van der Waals surface area contributed by atoms with Crippen molar-refractivity contribution in [2.24, 2.45) is 0 Å². The maximum Gasteiger partial charge on any atom is 0.342 e. The molecule has 0 fully saturated rings. The Labute approximate surface area is 180 Å². The molecule has 0 bridgehead atoms. The van der Waals surface area contributed by atoms with Crippen molar-refractivity contribution in [1.29, 1.82) is 0 Å². The van der Waals surface area contributed by atoms with E-state index in [1.54, 1.807) is 0 Å². The van der Waals surface area contributed by atoms with Crippen molar-refractivity contribution in [2.75, 3.05) is 10.6 Å². The van der Waals surface area contributed by atoms with Gasteiger partial charge in [0.05, 0.1) is 10.5 Å². The summed E-state index contributed by atoms with van der Waals surface area (Å²) in [6.45, 7) is 2.69. The fourth-order valence-electron chi connectivity index (χ4n) is 3.28. The second-order valence-electron chi connectivity index (χ2n) is 7.06. The highest BCUT2D eigenvalue weighted by Crippen LogP contribution is 2.38. The van der Waals surface area contributed by atoms with Gasteiger partial charge in [-0.1, -0.05) is 0 Å². The fraction of sp³-hybridized carbons (Fsp3) is 0.350. The number of nitro groups is 1. The number of halogens is 1. The summed E-state index contributed by atoms with van der Waals surface area (Å²) in [6.07, 6.45) is 2.14. The first-order valence-corrected chi connectivity index (χ1v) is 10.4. The van der Waals surface area contributed by atoms with Gasteiger partial charge in [0, 0.05) is 23.6 Å². The third kappa shape index (κ3) is 5.05. The number of thiophene rings is 1. The molecule has 1 aliphatic carbocycles. The van der Waals surface area contributed by atoms with E-state index >= 15 is 0 Å². The van der Waals surface area contributed by atoms with Gasteiger partial charge in [-0.2, -0.15) is 4.39 Å². The van der Waals surface area contributed by atoms with Crippen molar-refractivity contribution >= 4 is 45.5 Å². The first-order chi connectivity index (χ1) is 14.7. The van der Waals surface area contributed by atoms with E-state index in [9.17, 15) is 28.9 Å². The van der Waals surface area contributed by atoms with Crippen LogP contribution in [0.15, 0.2) is 18.2 Å². The van der Waals surface area contributed by atoms with Crippen molar-refractivity contribution in [2.45, 2.75) is 45.6 Å². The molecular formula is C20H20FN3O6S. The van der Waals surface area contributed by atoms with Gasteiger partial charge >= 0.3 is 11.7 Å².